The van der Waals surface area contributed by atoms with Gasteiger partial charge in [-0.05, 0) is 23.8 Å². The molecule has 1 aromatic heterocycles. The van der Waals surface area contributed by atoms with Gasteiger partial charge in [0.2, 0.25) is 0 Å². The molecule has 1 aliphatic rings. The number of ether oxygens (including phenoxy) is 1. The zero-order valence-corrected chi connectivity index (χ0v) is 13.7. The lowest BCUT2D eigenvalue weighted by Crippen LogP contribution is -2.01. The first-order valence-corrected chi connectivity index (χ1v) is 8.87. The van der Waals surface area contributed by atoms with Crippen LogP contribution in [0.5, 0.6) is 5.75 Å². The highest BCUT2D eigenvalue weighted by molar-refractivity contribution is 7.98. The van der Waals surface area contributed by atoms with E-state index in [2.05, 4.69) is 0 Å². The molecular formula is C15H13ClF2OS2. The van der Waals surface area contributed by atoms with Gasteiger partial charge in [0, 0.05) is 33.2 Å². The minimum atomic E-state index is -0.809. The van der Waals surface area contributed by atoms with E-state index < -0.39 is 17.0 Å². The SMILES string of the molecule is COc1cc(F)c(C(Cl)c2cc3c(s2)CCSC3)c(F)c1. The molecule has 1 nitrogen and oxygen atoms in total. The van der Waals surface area contributed by atoms with Crippen molar-refractivity contribution < 1.29 is 13.5 Å². The molecule has 0 bridgehead atoms. The van der Waals surface area contributed by atoms with E-state index in [4.69, 9.17) is 16.3 Å². The first-order valence-electron chi connectivity index (χ1n) is 6.46. The molecule has 0 spiro atoms. The number of thioether (sulfide) groups is 1. The maximum Gasteiger partial charge on any atom is 0.134 e. The zero-order chi connectivity index (χ0) is 15.0. The summed E-state index contributed by atoms with van der Waals surface area (Å²) in [4.78, 5) is 2.08. The van der Waals surface area contributed by atoms with Crippen LogP contribution in [0.2, 0.25) is 0 Å². The molecule has 0 radical (unpaired) electrons. The standard InChI is InChI=1S/C15H13ClF2OS2/c1-19-9-5-10(17)14(11(18)6-9)15(16)13-4-8-7-20-3-2-12(8)21-13/h4-6,15H,2-3,7H2,1H3. The molecule has 2 heterocycles. The highest BCUT2D eigenvalue weighted by Gasteiger charge is 2.25. The summed E-state index contributed by atoms with van der Waals surface area (Å²) in [5, 5.41) is -0.809. The minimum absolute atomic E-state index is 0.108. The highest BCUT2D eigenvalue weighted by Crippen LogP contribution is 2.41. The van der Waals surface area contributed by atoms with Crippen LogP contribution < -0.4 is 4.74 Å². The van der Waals surface area contributed by atoms with Gasteiger partial charge in [-0.3, -0.25) is 0 Å². The molecule has 0 amide bonds. The molecule has 3 rings (SSSR count). The Kier molecular flexibility index (Phi) is 4.43. The number of halogens is 3. The van der Waals surface area contributed by atoms with Gasteiger partial charge in [-0.2, -0.15) is 11.8 Å². The Morgan fingerprint density at radius 2 is 1.95 bits per heavy atom. The van der Waals surface area contributed by atoms with Gasteiger partial charge in [-0.15, -0.1) is 22.9 Å². The van der Waals surface area contributed by atoms with Crippen molar-refractivity contribution in [2.75, 3.05) is 12.9 Å². The predicted molar refractivity (Wildman–Crippen MR) is 84.8 cm³/mol. The summed E-state index contributed by atoms with van der Waals surface area (Å²) in [5.74, 6) is 0.841. The van der Waals surface area contributed by atoms with Crippen molar-refractivity contribution in [2.45, 2.75) is 17.6 Å². The number of rotatable bonds is 3. The average molecular weight is 347 g/mol. The van der Waals surface area contributed by atoms with Crippen LogP contribution in [-0.2, 0) is 12.2 Å². The summed E-state index contributed by atoms with van der Waals surface area (Å²) in [6.45, 7) is 0. The molecule has 0 saturated heterocycles. The summed E-state index contributed by atoms with van der Waals surface area (Å²) in [7, 11) is 1.37. The maximum absolute atomic E-state index is 14.1. The average Bonchev–Trinajstić information content (AvgIpc) is 2.90. The number of benzene rings is 1. The van der Waals surface area contributed by atoms with Crippen molar-refractivity contribution in [3.63, 3.8) is 0 Å². The van der Waals surface area contributed by atoms with E-state index in [1.807, 2.05) is 17.8 Å². The first-order chi connectivity index (χ1) is 10.1. The number of fused-ring (bicyclic) bond motifs is 1. The Bertz CT molecular complexity index is 625. The van der Waals surface area contributed by atoms with Crippen LogP contribution in [-0.4, -0.2) is 12.9 Å². The molecular weight excluding hydrogens is 334 g/mol. The first kappa shape index (κ1) is 15.1. The van der Waals surface area contributed by atoms with Crippen LogP contribution in [0.3, 0.4) is 0 Å². The Morgan fingerprint density at radius 3 is 2.57 bits per heavy atom. The monoisotopic (exact) mass is 346 g/mol. The van der Waals surface area contributed by atoms with E-state index in [9.17, 15) is 8.78 Å². The van der Waals surface area contributed by atoms with Gasteiger partial charge in [0.25, 0.3) is 0 Å². The number of aryl methyl sites for hydroxylation is 1. The van der Waals surface area contributed by atoms with Crippen molar-refractivity contribution in [1.82, 2.24) is 0 Å². The Labute approximate surface area is 135 Å². The van der Waals surface area contributed by atoms with Crippen LogP contribution in [0.1, 0.15) is 26.3 Å². The number of alkyl halides is 1. The Hall–Kier alpha value is -0.780. The van der Waals surface area contributed by atoms with E-state index in [1.54, 1.807) is 11.3 Å². The van der Waals surface area contributed by atoms with Gasteiger partial charge in [0.1, 0.15) is 17.4 Å². The highest BCUT2D eigenvalue weighted by atomic mass is 35.5. The van der Waals surface area contributed by atoms with E-state index in [0.717, 1.165) is 34.9 Å². The van der Waals surface area contributed by atoms with Crippen LogP contribution >= 0.6 is 34.7 Å². The lowest BCUT2D eigenvalue weighted by molar-refractivity contribution is 0.405. The normalized spacial score (nSPS) is 15.6. The van der Waals surface area contributed by atoms with Gasteiger partial charge in [0.15, 0.2) is 0 Å². The van der Waals surface area contributed by atoms with Gasteiger partial charge in [-0.1, -0.05) is 0 Å². The minimum Gasteiger partial charge on any atom is -0.497 e. The lowest BCUT2D eigenvalue weighted by Gasteiger charge is -2.11. The summed E-state index contributed by atoms with van der Waals surface area (Å²) < 4.78 is 33.1. The van der Waals surface area contributed by atoms with E-state index in [1.165, 1.54) is 17.6 Å². The molecule has 6 heteroatoms. The molecule has 1 aliphatic heterocycles. The van der Waals surface area contributed by atoms with Crippen LogP contribution in [0.25, 0.3) is 0 Å². The zero-order valence-electron chi connectivity index (χ0n) is 11.3. The smallest absolute Gasteiger partial charge is 0.134 e. The summed E-state index contributed by atoms with van der Waals surface area (Å²) in [5.41, 5.74) is 1.13. The third-order valence-electron chi connectivity index (χ3n) is 3.44. The fraction of sp³-hybridized carbons (Fsp3) is 0.333. The molecule has 1 atom stereocenters. The molecule has 21 heavy (non-hydrogen) atoms. The van der Waals surface area contributed by atoms with Crippen molar-refractivity contribution in [1.29, 1.82) is 0 Å². The molecule has 0 saturated carbocycles. The van der Waals surface area contributed by atoms with Gasteiger partial charge >= 0.3 is 0 Å². The second-order valence-electron chi connectivity index (χ2n) is 4.77. The third kappa shape index (κ3) is 2.91. The Morgan fingerprint density at radius 1 is 1.24 bits per heavy atom. The quantitative estimate of drug-likeness (QED) is 0.710. The van der Waals surface area contributed by atoms with Crippen molar-refractivity contribution in [3.05, 3.63) is 50.7 Å². The van der Waals surface area contributed by atoms with Crippen LogP contribution in [0, 0.1) is 11.6 Å². The molecule has 2 aromatic rings. The molecule has 0 fully saturated rings. The van der Waals surface area contributed by atoms with Gasteiger partial charge < -0.3 is 4.74 Å². The van der Waals surface area contributed by atoms with E-state index >= 15 is 0 Å². The predicted octanol–water partition coefficient (Wildman–Crippen LogP) is 5.15. The van der Waals surface area contributed by atoms with Gasteiger partial charge in [-0.25, -0.2) is 8.78 Å². The molecule has 0 aliphatic carbocycles. The fourth-order valence-electron chi connectivity index (χ4n) is 2.36. The largest absolute Gasteiger partial charge is 0.497 e. The second-order valence-corrected chi connectivity index (χ2v) is 7.48. The molecule has 112 valence electrons. The molecule has 1 unspecified atom stereocenters. The summed E-state index contributed by atoms with van der Waals surface area (Å²) in [6.07, 6.45) is 1.00. The number of thiophene rings is 1. The molecule has 1 aromatic carbocycles. The maximum atomic E-state index is 14.1. The third-order valence-corrected chi connectivity index (χ3v) is 6.33. The lowest BCUT2D eigenvalue weighted by atomic mass is 10.1. The summed E-state index contributed by atoms with van der Waals surface area (Å²) >= 11 is 9.76. The number of hydrogen-bond donors (Lipinski definition) is 0. The number of hydrogen-bond acceptors (Lipinski definition) is 3. The van der Waals surface area contributed by atoms with E-state index in [0.29, 0.717) is 0 Å². The van der Waals surface area contributed by atoms with Crippen molar-refractivity contribution >= 4 is 34.7 Å². The van der Waals surface area contributed by atoms with Crippen LogP contribution in [0.4, 0.5) is 8.78 Å². The second kappa shape index (κ2) is 6.15. The van der Waals surface area contributed by atoms with Crippen molar-refractivity contribution in [3.8, 4) is 5.75 Å². The van der Waals surface area contributed by atoms with Gasteiger partial charge in [0.05, 0.1) is 12.5 Å². The Balaban J connectivity index is 1.98. The van der Waals surface area contributed by atoms with Crippen LogP contribution in [0.15, 0.2) is 18.2 Å². The number of methoxy groups -OCH3 is 1. The van der Waals surface area contributed by atoms with Crippen molar-refractivity contribution in [2.24, 2.45) is 0 Å². The topological polar surface area (TPSA) is 9.23 Å². The summed E-state index contributed by atoms with van der Waals surface area (Å²) in [6, 6.07) is 4.31. The van der Waals surface area contributed by atoms with E-state index in [-0.39, 0.29) is 11.3 Å². The molecule has 0 N–H and O–H groups in total. The fourth-order valence-corrected chi connectivity index (χ4v) is 5.13.